The van der Waals surface area contributed by atoms with Gasteiger partial charge in [-0.1, -0.05) is 12.1 Å². The number of hydrogen-bond acceptors (Lipinski definition) is 2. The normalized spacial score (nSPS) is 10.2. The summed E-state index contributed by atoms with van der Waals surface area (Å²) in [5.41, 5.74) is 1.50. The summed E-state index contributed by atoms with van der Waals surface area (Å²) in [5.74, 6) is 0.188. The van der Waals surface area contributed by atoms with Gasteiger partial charge in [-0.25, -0.2) is 4.39 Å². The van der Waals surface area contributed by atoms with E-state index in [0.717, 1.165) is 5.56 Å². The van der Waals surface area contributed by atoms with E-state index in [-0.39, 0.29) is 11.7 Å². The van der Waals surface area contributed by atoms with Gasteiger partial charge in [-0.2, -0.15) is 0 Å². The smallest absolute Gasteiger partial charge is 0.252 e. The van der Waals surface area contributed by atoms with Crippen molar-refractivity contribution in [2.24, 2.45) is 0 Å². The lowest BCUT2D eigenvalue weighted by molar-refractivity contribution is 0.0953. The van der Waals surface area contributed by atoms with E-state index in [0.29, 0.717) is 28.8 Å². The van der Waals surface area contributed by atoms with Crippen LogP contribution < -0.4 is 10.1 Å². The number of hydrogen-bond donors (Lipinski definition) is 1. The van der Waals surface area contributed by atoms with Crippen molar-refractivity contribution in [3.8, 4) is 5.75 Å². The van der Waals surface area contributed by atoms with Crippen LogP contribution in [0.15, 0.2) is 46.9 Å². The van der Waals surface area contributed by atoms with Crippen molar-refractivity contribution >= 4 is 21.8 Å². The molecule has 0 radical (unpaired) electrons. The minimum atomic E-state index is -0.261. The summed E-state index contributed by atoms with van der Waals surface area (Å²) in [6.45, 7) is 0.480. The quantitative estimate of drug-likeness (QED) is 0.894. The zero-order chi connectivity index (χ0) is 15.2. The summed E-state index contributed by atoms with van der Waals surface area (Å²) >= 11 is 3.35. The molecule has 0 unspecified atom stereocenters. The molecule has 0 atom stereocenters. The number of benzene rings is 2. The second kappa shape index (κ2) is 7.22. The highest BCUT2D eigenvalue weighted by atomic mass is 79.9. The Kier molecular flexibility index (Phi) is 5.33. The summed E-state index contributed by atoms with van der Waals surface area (Å²) in [4.78, 5) is 12.1. The zero-order valence-corrected chi connectivity index (χ0v) is 13.1. The van der Waals surface area contributed by atoms with Crippen molar-refractivity contribution in [1.82, 2.24) is 5.32 Å². The third-order valence-corrected chi connectivity index (χ3v) is 3.72. The summed E-state index contributed by atoms with van der Waals surface area (Å²) in [5, 5.41) is 2.84. The van der Waals surface area contributed by atoms with Crippen molar-refractivity contribution in [3.63, 3.8) is 0 Å². The molecule has 0 saturated carbocycles. The van der Waals surface area contributed by atoms with Crippen LogP contribution >= 0.6 is 15.9 Å². The molecule has 5 heteroatoms. The van der Waals surface area contributed by atoms with Crippen LogP contribution in [0, 0.1) is 5.82 Å². The molecule has 0 aromatic heterocycles. The van der Waals surface area contributed by atoms with E-state index in [4.69, 9.17) is 4.74 Å². The standard InChI is InChI=1S/C16H15BrFNO2/c1-21-13-6-7-15(17)14(10-13)16(20)19-9-8-11-2-4-12(18)5-3-11/h2-7,10H,8-9H2,1H3,(H,19,20). The van der Waals surface area contributed by atoms with E-state index in [2.05, 4.69) is 21.2 Å². The fraction of sp³-hybridized carbons (Fsp3) is 0.188. The van der Waals surface area contributed by atoms with E-state index < -0.39 is 0 Å². The van der Waals surface area contributed by atoms with Gasteiger partial charge in [0.25, 0.3) is 5.91 Å². The van der Waals surface area contributed by atoms with Gasteiger partial charge >= 0.3 is 0 Å². The zero-order valence-electron chi connectivity index (χ0n) is 11.5. The molecular formula is C16H15BrFNO2. The molecule has 0 saturated heterocycles. The van der Waals surface area contributed by atoms with Gasteiger partial charge in [0, 0.05) is 11.0 Å². The number of carbonyl (C=O) groups excluding carboxylic acids is 1. The highest BCUT2D eigenvalue weighted by Crippen LogP contribution is 2.22. The second-order valence-corrected chi connectivity index (χ2v) is 5.33. The monoisotopic (exact) mass is 351 g/mol. The van der Waals surface area contributed by atoms with E-state index >= 15 is 0 Å². The molecule has 0 aliphatic carbocycles. The molecule has 2 aromatic rings. The second-order valence-electron chi connectivity index (χ2n) is 4.48. The largest absolute Gasteiger partial charge is 0.497 e. The third kappa shape index (κ3) is 4.29. The van der Waals surface area contributed by atoms with Gasteiger partial charge in [0.05, 0.1) is 12.7 Å². The molecule has 0 aliphatic rings. The van der Waals surface area contributed by atoms with Gasteiger partial charge < -0.3 is 10.1 Å². The molecule has 0 aliphatic heterocycles. The summed E-state index contributed by atoms with van der Waals surface area (Å²) in [6, 6.07) is 11.5. The van der Waals surface area contributed by atoms with Gasteiger partial charge in [0.2, 0.25) is 0 Å². The summed E-state index contributed by atoms with van der Waals surface area (Å²) < 4.78 is 18.6. The molecule has 2 rings (SSSR count). The Hall–Kier alpha value is -1.88. The lowest BCUT2D eigenvalue weighted by atomic mass is 10.1. The maximum absolute atomic E-state index is 12.8. The van der Waals surface area contributed by atoms with Crippen molar-refractivity contribution in [3.05, 3.63) is 63.9 Å². The van der Waals surface area contributed by atoms with Crippen molar-refractivity contribution in [2.45, 2.75) is 6.42 Å². The van der Waals surface area contributed by atoms with E-state index in [1.54, 1.807) is 37.4 Å². The average molecular weight is 352 g/mol. The van der Waals surface area contributed by atoms with Gasteiger partial charge in [-0.05, 0) is 58.2 Å². The van der Waals surface area contributed by atoms with Gasteiger partial charge in [-0.3, -0.25) is 4.79 Å². The SMILES string of the molecule is COc1ccc(Br)c(C(=O)NCCc2ccc(F)cc2)c1. The Morgan fingerprint density at radius 3 is 2.62 bits per heavy atom. The predicted molar refractivity (Wildman–Crippen MR) is 83.1 cm³/mol. The lowest BCUT2D eigenvalue weighted by Gasteiger charge is -2.08. The highest BCUT2D eigenvalue weighted by Gasteiger charge is 2.10. The highest BCUT2D eigenvalue weighted by molar-refractivity contribution is 9.10. The molecule has 0 heterocycles. The van der Waals surface area contributed by atoms with Crippen LogP contribution in [-0.4, -0.2) is 19.6 Å². The molecule has 3 nitrogen and oxygen atoms in total. The Balaban J connectivity index is 1.94. The van der Waals surface area contributed by atoms with Crippen LogP contribution in [0.25, 0.3) is 0 Å². The molecule has 0 fully saturated rings. The molecule has 0 spiro atoms. The lowest BCUT2D eigenvalue weighted by Crippen LogP contribution is -2.26. The molecule has 110 valence electrons. The molecule has 1 amide bonds. The molecule has 21 heavy (non-hydrogen) atoms. The fourth-order valence-electron chi connectivity index (χ4n) is 1.87. The van der Waals surface area contributed by atoms with Crippen molar-refractivity contribution in [2.75, 3.05) is 13.7 Å². The van der Waals surface area contributed by atoms with Crippen LogP contribution in [0.1, 0.15) is 15.9 Å². The van der Waals surface area contributed by atoms with Gasteiger partial charge in [0.1, 0.15) is 11.6 Å². The topological polar surface area (TPSA) is 38.3 Å². The first-order valence-corrected chi connectivity index (χ1v) is 7.25. The Bertz CT molecular complexity index is 629. The van der Waals surface area contributed by atoms with E-state index in [1.165, 1.54) is 12.1 Å². The number of carbonyl (C=O) groups is 1. The number of methoxy groups -OCH3 is 1. The van der Waals surface area contributed by atoms with Gasteiger partial charge in [0.15, 0.2) is 0 Å². The van der Waals surface area contributed by atoms with Crippen LogP contribution in [0.4, 0.5) is 4.39 Å². The van der Waals surface area contributed by atoms with Crippen molar-refractivity contribution < 1.29 is 13.9 Å². The number of ether oxygens (including phenoxy) is 1. The summed E-state index contributed by atoms with van der Waals surface area (Å²) in [6.07, 6.45) is 0.646. The maximum Gasteiger partial charge on any atom is 0.252 e. The van der Waals surface area contributed by atoms with Crippen LogP contribution in [0.2, 0.25) is 0 Å². The van der Waals surface area contributed by atoms with Gasteiger partial charge in [-0.15, -0.1) is 0 Å². The number of amides is 1. The first-order chi connectivity index (χ1) is 10.1. The third-order valence-electron chi connectivity index (χ3n) is 3.03. The molecule has 1 N–H and O–H groups in total. The van der Waals surface area contributed by atoms with Crippen molar-refractivity contribution in [1.29, 1.82) is 0 Å². The maximum atomic E-state index is 12.8. The number of nitrogens with one attached hydrogen (secondary N) is 1. The predicted octanol–water partition coefficient (Wildman–Crippen LogP) is 3.57. The average Bonchev–Trinajstić information content (AvgIpc) is 2.49. The number of rotatable bonds is 5. The Morgan fingerprint density at radius 1 is 1.24 bits per heavy atom. The molecule has 0 bridgehead atoms. The van der Waals surface area contributed by atoms with E-state index in [1.807, 2.05) is 0 Å². The molecule has 2 aromatic carbocycles. The first-order valence-electron chi connectivity index (χ1n) is 6.46. The Labute approximate surface area is 131 Å². The fourth-order valence-corrected chi connectivity index (χ4v) is 2.30. The molecular weight excluding hydrogens is 337 g/mol. The Morgan fingerprint density at radius 2 is 1.95 bits per heavy atom. The van der Waals surface area contributed by atoms with E-state index in [9.17, 15) is 9.18 Å². The number of halogens is 2. The van der Waals surface area contributed by atoms with Crippen LogP contribution in [0.5, 0.6) is 5.75 Å². The minimum Gasteiger partial charge on any atom is -0.497 e. The van der Waals surface area contributed by atoms with Crippen LogP contribution in [-0.2, 0) is 6.42 Å². The minimum absolute atomic E-state index is 0.178. The first kappa shape index (κ1) is 15.5. The van der Waals surface area contributed by atoms with Crippen LogP contribution in [0.3, 0.4) is 0 Å². The summed E-state index contributed by atoms with van der Waals surface area (Å²) in [7, 11) is 1.56.